The van der Waals surface area contributed by atoms with E-state index in [-0.39, 0.29) is 12.2 Å². The molecule has 1 aromatic heterocycles. The monoisotopic (exact) mass is 511 g/mol. The number of carbonyl (C=O) groups is 1. The predicted molar refractivity (Wildman–Crippen MR) is 144 cm³/mol. The summed E-state index contributed by atoms with van der Waals surface area (Å²) in [5, 5.41) is 13.5. The first kappa shape index (κ1) is 27.2. The lowest BCUT2D eigenvalue weighted by atomic mass is 10.0. The summed E-state index contributed by atoms with van der Waals surface area (Å²) < 4.78 is 17.4. The van der Waals surface area contributed by atoms with Crippen LogP contribution in [0.4, 0.5) is 5.82 Å². The van der Waals surface area contributed by atoms with Crippen molar-refractivity contribution in [1.82, 2.24) is 9.88 Å². The van der Waals surface area contributed by atoms with Gasteiger partial charge in [0.15, 0.2) is 0 Å². The van der Waals surface area contributed by atoms with Gasteiger partial charge in [-0.2, -0.15) is 0 Å². The molecule has 2 aliphatic rings. The number of likely N-dealkylation sites (tertiary alicyclic amines) is 1. The van der Waals surface area contributed by atoms with Crippen LogP contribution in [0.1, 0.15) is 68.8 Å². The Balaban J connectivity index is 1.23. The number of nitrogens with one attached hydrogen (secondary N) is 1. The Morgan fingerprint density at radius 1 is 1.22 bits per heavy atom. The third-order valence-electron chi connectivity index (χ3n) is 7.03. The number of hydrogen-bond acceptors (Lipinski definition) is 7. The number of hydrogen-bond donors (Lipinski definition) is 2. The quantitative estimate of drug-likeness (QED) is 0.368. The first-order chi connectivity index (χ1) is 17.9. The first-order valence-electron chi connectivity index (χ1n) is 13.6. The molecule has 2 aliphatic heterocycles. The third kappa shape index (κ3) is 7.36. The van der Waals surface area contributed by atoms with Crippen LogP contribution < -0.4 is 14.8 Å². The largest absolute Gasteiger partial charge is 0.496 e. The van der Waals surface area contributed by atoms with Crippen LogP contribution >= 0.6 is 0 Å². The zero-order chi connectivity index (χ0) is 26.2. The van der Waals surface area contributed by atoms with Gasteiger partial charge in [0.05, 0.1) is 19.3 Å². The average Bonchev–Trinajstić information content (AvgIpc) is 3.34. The molecule has 0 spiro atoms. The van der Waals surface area contributed by atoms with Crippen molar-refractivity contribution in [3.8, 4) is 11.5 Å². The fourth-order valence-electron chi connectivity index (χ4n) is 5.23. The van der Waals surface area contributed by atoms with Crippen molar-refractivity contribution in [2.24, 2.45) is 0 Å². The smallest absolute Gasteiger partial charge is 0.325 e. The van der Waals surface area contributed by atoms with Crippen LogP contribution in [0.3, 0.4) is 0 Å². The van der Waals surface area contributed by atoms with Crippen LogP contribution in [0.2, 0.25) is 0 Å². The maximum atomic E-state index is 12.3. The number of aryl methyl sites for hydroxylation is 2. The zero-order valence-electron chi connectivity index (χ0n) is 22.4. The van der Waals surface area contributed by atoms with Crippen molar-refractivity contribution < 1.29 is 24.1 Å². The van der Waals surface area contributed by atoms with E-state index in [1.807, 2.05) is 24.8 Å². The second kappa shape index (κ2) is 13.1. The highest BCUT2D eigenvalue weighted by molar-refractivity contribution is 5.77. The Hall–Kier alpha value is -2.84. The van der Waals surface area contributed by atoms with Crippen LogP contribution in [0, 0.1) is 0 Å². The highest BCUT2D eigenvalue weighted by Gasteiger charge is 2.36. The minimum atomic E-state index is -0.897. The molecular weight excluding hydrogens is 470 g/mol. The fraction of sp³-hybridized carbons (Fsp3) is 0.586. The van der Waals surface area contributed by atoms with E-state index in [0.29, 0.717) is 36.8 Å². The number of pyridine rings is 1. The van der Waals surface area contributed by atoms with Gasteiger partial charge in [-0.05, 0) is 82.2 Å². The number of aliphatic carboxylic acids is 1. The molecule has 1 saturated heterocycles. The van der Waals surface area contributed by atoms with Gasteiger partial charge in [0, 0.05) is 37.5 Å². The average molecular weight is 512 g/mol. The van der Waals surface area contributed by atoms with Crippen molar-refractivity contribution in [3.05, 3.63) is 47.2 Å². The number of unbranched alkanes of at least 4 members (excludes halogenated alkanes) is 2. The summed E-state index contributed by atoms with van der Waals surface area (Å²) >= 11 is 0. The highest BCUT2D eigenvalue weighted by Crippen LogP contribution is 2.35. The lowest BCUT2D eigenvalue weighted by Crippen LogP contribution is -2.33. The lowest BCUT2D eigenvalue weighted by molar-refractivity contribution is -0.143. The van der Waals surface area contributed by atoms with E-state index < -0.39 is 12.0 Å². The molecule has 202 valence electrons. The standard InChI is InChI=1S/C29H41N3O5/c1-20(2)37-23-12-13-26(35-3)25(18-23)27(29(33)34)32-16-14-24(19-32)36-17-6-4-5-9-22-11-10-21-8-7-15-30-28(21)31-22/h10-13,18,20,24,27H,4-9,14-17,19H2,1-3H3,(H,30,31)(H,33,34)/t24-,27-/m1/s1. The Labute approximate surface area is 220 Å². The molecule has 8 heteroatoms. The molecule has 1 fully saturated rings. The molecule has 0 bridgehead atoms. The molecule has 3 heterocycles. The van der Waals surface area contributed by atoms with Crippen LogP contribution in [-0.4, -0.2) is 66.5 Å². The van der Waals surface area contributed by atoms with Gasteiger partial charge in [-0.15, -0.1) is 0 Å². The van der Waals surface area contributed by atoms with E-state index >= 15 is 0 Å². The van der Waals surface area contributed by atoms with Crippen molar-refractivity contribution in [3.63, 3.8) is 0 Å². The predicted octanol–water partition coefficient (Wildman–Crippen LogP) is 4.87. The number of methoxy groups -OCH3 is 1. The molecule has 0 amide bonds. The highest BCUT2D eigenvalue weighted by atomic mass is 16.5. The molecule has 1 aromatic carbocycles. The Morgan fingerprint density at radius 3 is 2.86 bits per heavy atom. The van der Waals surface area contributed by atoms with Gasteiger partial charge in [0.2, 0.25) is 0 Å². The zero-order valence-corrected chi connectivity index (χ0v) is 22.4. The van der Waals surface area contributed by atoms with Crippen LogP contribution in [0.15, 0.2) is 30.3 Å². The lowest BCUT2D eigenvalue weighted by Gasteiger charge is -2.26. The van der Waals surface area contributed by atoms with Crippen molar-refractivity contribution in [2.45, 2.75) is 77.0 Å². The van der Waals surface area contributed by atoms with Gasteiger partial charge >= 0.3 is 5.97 Å². The van der Waals surface area contributed by atoms with Gasteiger partial charge in [0.25, 0.3) is 0 Å². The number of carboxylic acid groups (broad SMARTS) is 1. The van der Waals surface area contributed by atoms with E-state index in [1.165, 1.54) is 12.0 Å². The number of carboxylic acids is 1. The Kier molecular flexibility index (Phi) is 9.63. The molecule has 0 radical (unpaired) electrons. The number of ether oxygens (including phenoxy) is 3. The Bertz CT molecular complexity index is 1040. The Morgan fingerprint density at radius 2 is 2.08 bits per heavy atom. The maximum absolute atomic E-state index is 12.3. The van der Waals surface area contributed by atoms with E-state index in [4.69, 9.17) is 19.2 Å². The number of rotatable bonds is 13. The van der Waals surface area contributed by atoms with E-state index in [1.54, 1.807) is 19.2 Å². The normalized spacial score (nSPS) is 18.3. The maximum Gasteiger partial charge on any atom is 0.325 e. The van der Waals surface area contributed by atoms with Crippen LogP contribution in [0.25, 0.3) is 0 Å². The SMILES string of the molecule is COc1ccc(OC(C)C)cc1[C@H](C(=O)O)N1CC[C@@H](OCCCCCc2ccc3c(n2)NCCC3)C1. The number of nitrogens with zero attached hydrogens (tertiary/aromatic N) is 2. The molecule has 4 rings (SSSR count). The van der Waals surface area contributed by atoms with Crippen molar-refractivity contribution in [2.75, 3.05) is 38.7 Å². The number of benzene rings is 1. The second-order valence-electron chi connectivity index (χ2n) is 10.2. The summed E-state index contributed by atoms with van der Waals surface area (Å²) in [5.41, 5.74) is 3.09. The van der Waals surface area contributed by atoms with Gasteiger partial charge in [0.1, 0.15) is 23.4 Å². The van der Waals surface area contributed by atoms with Crippen molar-refractivity contribution >= 4 is 11.8 Å². The van der Waals surface area contributed by atoms with E-state index in [0.717, 1.165) is 56.6 Å². The summed E-state index contributed by atoms with van der Waals surface area (Å²) in [6.07, 6.45) is 7.29. The summed E-state index contributed by atoms with van der Waals surface area (Å²) in [5.74, 6) is 1.36. The van der Waals surface area contributed by atoms with Crippen LogP contribution in [-0.2, 0) is 22.4 Å². The summed E-state index contributed by atoms with van der Waals surface area (Å²) in [7, 11) is 1.56. The van der Waals surface area contributed by atoms with Crippen molar-refractivity contribution in [1.29, 1.82) is 0 Å². The number of fused-ring (bicyclic) bond motifs is 1. The summed E-state index contributed by atoms with van der Waals surface area (Å²) in [4.78, 5) is 19.1. The molecule has 8 nitrogen and oxygen atoms in total. The number of anilines is 1. The number of aromatic nitrogens is 1. The summed E-state index contributed by atoms with van der Waals surface area (Å²) in [6.45, 7) is 6.85. The molecule has 0 saturated carbocycles. The van der Waals surface area contributed by atoms with Crippen LogP contribution in [0.5, 0.6) is 11.5 Å². The third-order valence-corrected chi connectivity index (χ3v) is 7.03. The second-order valence-corrected chi connectivity index (χ2v) is 10.2. The molecule has 0 unspecified atom stereocenters. The van der Waals surface area contributed by atoms with E-state index in [2.05, 4.69) is 17.4 Å². The molecule has 2 aromatic rings. The van der Waals surface area contributed by atoms with Gasteiger partial charge in [-0.25, -0.2) is 4.98 Å². The first-order valence-corrected chi connectivity index (χ1v) is 13.6. The molecule has 37 heavy (non-hydrogen) atoms. The minimum absolute atomic E-state index is 0.000329. The molecule has 2 atom stereocenters. The summed E-state index contributed by atoms with van der Waals surface area (Å²) in [6, 6.07) is 8.95. The fourth-order valence-corrected chi connectivity index (χ4v) is 5.23. The van der Waals surface area contributed by atoms with Gasteiger partial charge in [-0.1, -0.05) is 12.5 Å². The molecular formula is C29H41N3O5. The minimum Gasteiger partial charge on any atom is -0.496 e. The van der Waals surface area contributed by atoms with Gasteiger partial charge < -0.3 is 24.6 Å². The molecule has 2 N–H and O–H groups in total. The topological polar surface area (TPSA) is 93.2 Å². The molecule has 0 aliphatic carbocycles. The van der Waals surface area contributed by atoms with Gasteiger partial charge in [-0.3, -0.25) is 9.69 Å². The van der Waals surface area contributed by atoms with E-state index in [9.17, 15) is 9.90 Å².